The summed E-state index contributed by atoms with van der Waals surface area (Å²) >= 11 is 0. The molecule has 0 aliphatic heterocycles. The molecule has 1 nitrogen and oxygen atoms in total. The monoisotopic (exact) mass is 245 g/mol. The number of para-hydroxylation sites is 1. The first-order valence-corrected chi connectivity index (χ1v) is 6.04. The number of fused-ring (bicyclic) bond motifs is 1. The van der Waals surface area contributed by atoms with Gasteiger partial charge in [-0.2, -0.15) is 0 Å². The van der Waals surface area contributed by atoms with E-state index in [1.54, 1.807) is 24.3 Å². The quantitative estimate of drug-likeness (QED) is 0.841. The van der Waals surface area contributed by atoms with Crippen LogP contribution in [0.5, 0.6) is 0 Å². The smallest absolute Gasteiger partial charge is 0.146 e. The molecule has 0 radical (unpaired) electrons. The molecular formula is C15H13F2N. The van der Waals surface area contributed by atoms with E-state index in [4.69, 9.17) is 0 Å². The highest BCUT2D eigenvalue weighted by Gasteiger charge is 2.25. The number of halogens is 2. The van der Waals surface area contributed by atoms with Crippen LogP contribution in [0.1, 0.15) is 23.6 Å². The zero-order valence-electron chi connectivity index (χ0n) is 9.79. The first-order chi connectivity index (χ1) is 8.75. The second kappa shape index (κ2) is 4.41. The predicted octanol–water partition coefficient (Wildman–Crippen LogP) is 4.06. The van der Waals surface area contributed by atoms with Crippen LogP contribution in [0.15, 0.2) is 42.5 Å². The van der Waals surface area contributed by atoms with Gasteiger partial charge in [-0.05, 0) is 42.2 Å². The summed E-state index contributed by atoms with van der Waals surface area (Å²) < 4.78 is 27.1. The molecule has 0 spiro atoms. The summed E-state index contributed by atoms with van der Waals surface area (Å²) in [6, 6.07) is 11.6. The number of anilines is 1. The van der Waals surface area contributed by atoms with E-state index >= 15 is 0 Å². The van der Waals surface area contributed by atoms with Gasteiger partial charge in [0, 0.05) is 0 Å². The van der Waals surface area contributed by atoms with E-state index < -0.39 is 0 Å². The van der Waals surface area contributed by atoms with Crippen molar-refractivity contribution >= 4 is 5.69 Å². The minimum Gasteiger partial charge on any atom is -0.376 e. The summed E-state index contributed by atoms with van der Waals surface area (Å²) in [5.41, 5.74) is 2.17. The van der Waals surface area contributed by atoms with Crippen molar-refractivity contribution in [2.45, 2.75) is 18.9 Å². The third kappa shape index (κ3) is 1.86. The molecule has 0 saturated carbocycles. The van der Waals surface area contributed by atoms with Crippen LogP contribution in [-0.2, 0) is 6.42 Å². The average Bonchev–Trinajstić information content (AvgIpc) is 2.77. The standard InChI is InChI=1S/C15H13F2N/c16-12-6-3-4-11-10(12)8-9-14(11)18-15-7-2-1-5-13(15)17/h1-7,14,18H,8-9H2. The number of nitrogens with one attached hydrogen (secondary N) is 1. The maximum atomic E-state index is 13.6. The van der Waals surface area contributed by atoms with Gasteiger partial charge in [-0.1, -0.05) is 24.3 Å². The van der Waals surface area contributed by atoms with Gasteiger partial charge >= 0.3 is 0 Å². The summed E-state index contributed by atoms with van der Waals surface area (Å²) in [5.74, 6) is -0.437. The molecule has 92 valence electrons. The molecule has 0 aromatic heterocycles. The van der Waals surface area contributed by atoms with Crippen LogP contribution >= 0.6 is 0 Å². The van der Waals surface area contributed by atoms with Gasteiger partial charge in [-0.25, -0.2) is 8.78 Å². The van der Waals surface area contributed by atoms with Crippen LogP contribution in [0, 0.1) is 11.6 Å². The van der Waals surface area contributed by atoms with Crippen molar-refractivity contribution in [2.75, 3.05) is 5.32 Å². The van der Waals surface area contributed by atoms with Crippen LogP contribution in [0.25, 0.3) is 0 Å². The maximum absolute atomic E-state index is 13.6. The third-order valence-electron chi connectivity index (χ3n) is 3.42. The van der Waals surface area contributed by atoms with Crippen LogP contribution < -0.4 is 5.32 Å². The molecule has 3 heteroatoms. The predicted molar refractivity (Wildman–Crippen MR) is 67.5 cm³/mol. The molecule has 1 unspecified atom stereocenters. The highest BCUT2D eigenvalue weighted by atomic mass is 19.1. The van der Waals surface area contributed by atoms with E-state index in [0.717, 1.165) is 17.5 Å². The van der Waals surface area contributed by atoms with Crippen molar-refractivity contribution in [3.05, 3.63) is 65.2 Å². The normalized spacial score (nSPS) is 17.6. The molecule has 2 aromatic carbocycles. The lowest BCUT2D eigenvalue weighted by atomic mass is 10.1. The van der Waals surface area contributed by atoms with Crippen LogP contribution in [0.4, 0.5) is 14.5 Å². The molecule has 18 heavy (non-hydrogen) atoms. The largest absolute Gasteiger partial charge is 0.376 e. The molecule has 0 fully saturated rings. The molecule has 0 bridgehead atoms. The topological polar surface area (TPSA) is 12.0 Å². The lowest BCUT2D eigenvalue weighted by Gasteiger charge is -2.16. The van der Waals surface area contributed by atoms with Crippen molar-refractivity contribution in [2.24, 2.45) is 0 Å². The van der Waals surface area contributed by atoms with Crippen molar-refractivity contribution in [1.29, 1.82) is 0 Å². The Morgan fingerprint density at radius 3 is 2.56 bits per heavy atom. The van der Waals surface area contributed by atoms with Gasteiger partial charge in [0.25, 0.3) is 0 Å². The van der Waals surface area contributed by atoms with Crippen molar-refractivity contribution in [3.8, 4) is 0 Å². The number of hydrogen-bond donors (Lipinski definition) is 1. The lowest BCUT2D eigenvalue weighted by Crippen LogP contribution is -2.08. The zero-order valence-corrected chi connectivity index (χ0v) is 9.79. The van der Waals surface area contributed by atoms with E-state index in [0.29, 0.717) is 12.1 Å². The van der Waals surface area contributed by atoms with E-state index in [1.807, 2.05) is 6.07 Å². The van der Waals surface area contributed by atoms with Crippen molar-refractivity contribution in [1.82, 2.24) is 0 Å². The first-order valence-electron chi connectivity index (χ1n) is 6.04. The summed E-state index contributed by atoms with van der Waals surface area (Å²) in [5, 5.41) is 3.15. The Morgan fingerprint density at radius 2 is 1.72 bits per heavy atom. The van der Waals surface area contributed by atoms with E-state index in [1.165, 1.54) is 12.1 Å². The average molecular weight is 245 g/mol. The minimum atomic E-state index is -0.276. The second-order valence-electron chi connectivity index (χ2n) is 4.52. The molecule has 2 aromatic rings. The Balaban J connectivity index is 1.90. The molecular weight excluding hydrogens is 232 g/mol. The van der Waals surface area contributed by atoms with Gasteiger partial charge in [0.1, 0.15) is 11.6 Å². The Kier molecular flexibility index (Phi) is 2.74. The highest BCUT2D eigenvalue weighted by molar-refractivity contribution is 5.49. The lowest BCUT2D eigenvalue weighted by molar-refractivity contribution is 0.612. The van der Waals surface area contributed by atoms with Crippen LogP contribution in [0.3, 0.4) is 0 Å². The van der Waals surface area contributed by atoms with Crippen molar-refractivity contribution in [3.63, 3.8) is 0 Å². The molecule has 1 atom stereocenters. The van der Waals surface area contributed by atoms with E-state index in [2.05, 4.69) is 5.32 Å². The molecule has 0 heterocycles. The zero-order chi connectivity index (χ0) is 12.5. The Morgan fingerprint density at radius 1 is 0.944 bits per heavy atom. The number of hydrogen-bond acceptors (Lipinski definition) is 1. The fourth-order valence-electron chi connectivity index (χ4n) is 2.53. The maximum Gasteiger partial charge on any atom is 0.146 e. The van der Waals surface area contributed by atoms with E-state index in [-0.39, 0.29) is 17.7 Å². The van der Waals surface area contributed by atoms with Gasteiger partial charge in [0.05, 0.1) is 11.7 Å². The van der Waals surface area contributed by atoms with Gasteiger partial charge in [0.15, 0.2) is 0 Å². The molecule has 1 aliphatic rings. The van der Waals surface area contributed by atoms with Gasteiger partial charge in [-0.15, -0.1) is 0 Å². The highest BCUT2D eigenvalue weighted by Crippen LogP contribution is 2.35. The molecule has 1 N–H and O–H groups in total. The van der Waals surface area contributed by atoms with Crippen LogP contribution in [-0.4, -0.2) is 0 Å². The summed E-state index contributed by atoms with van der Waals surface area (Å²) in [6.45, 7) is 0. The Labute approximate surface area is 104 Å². The van der Waals surface area contributed by atoms with Gasteiger partial charge < -0.3 is 5.32 Å². The Hall–Kier alpha value is -1.90. The Bertz CT molecular complexity index is 580. The van der Waals surface area contributed by atoms with Crippen molar-refractivity contribution < 1.29 is 8.78 Å². The van der Waals surface area contributed by atoms with Gasteiger partial charge in [-0.3, -0.25) is 0 Å². The fraction of sp³-hybridized carbons (Fsp3) is 0.200. The SMILES string of the molecule is Fc1ccccc1NC1CCc2c(F)cccc21. The van der Waals surface area contributed by atoms with Crippen LogP contribution in [0.2, 0.25) is 0 Å². The summed E-state index contributed by atoms with van der Waals surface area (Å²) in [4.78, 5) is 0. The third-order valence-corrected chi connectivity index (χ3v) is 3.42. The molecule has 1 aliphatic carbocycles. The van der Waals surface area contributed by atoms with E-state index in [9.17, 15) is 8.78 Å². The second-order valence-corrected chi connectivity index (χ2v) is 4.52. The fourth-order valence-corrected chi connectivity index (χ4v) is 2.53. The number of rotatable bonds is 2. The first kappa shape index (κ1) is 11.2. The molecule has 3 rings (SSSR count). The molecule has 0 amide bonds. The number of benzene rings is 2. The summed E-state index contributed by atoms with van der Waals surface area (Å²) in [7, 11) is 0. The summed E-state index contributed by atoms with van der Waals surface area (Å²) in [6.07, 6.45) is 1.50. The van der Waals surface area contributed by atoms with Gasteiger partial charge in [0.2, 0.25) is 0 Å². The minimum absolute atomic E-state index is 0.00685. The molecule has 0 saturated heterocycles.